The Hall–Kier alpha value is -0.0400. The van der Waals surface area contributed by atoms with Crippen LogP contribution in [0.5, 0.6) is 0 Å². The minimum atomic E-state index is 0.900. The Labute approximate surface area is 121 Å². The molecule has 1 heteroatoms. The number of unbranched alkanes of at least 4 members (excludes halogenated alkanes) is 13. The fourth-order valence-corrected chi connectivity index (χ4v) is 2.87. The molecule has 0 amide bonds. The van der Waals surface area contributed by atoms with Gasteiger partial charge >= 0.3 is 0 Å². The third kappa shape index (κ3) is 12.7. The SMILES string of the molecule is CCCCCCCCCCCCCCCCC1CN1. The molecule has 1 N–H and O–H groups in total. The molecule has 0 saturated carbocycles. The van der Waals surface area contributed by atoms with Gasteiger partial charge in [0.05, 0.1) is 0 Å². The first-order chi connectivity index (χ1) is 9.43. The molecule has 0 radical (unpaired) electrons. The van der Waals surface area contributed by atoms with E-state index < -0.39 is 0 Å². The molecule has 1 rings (SSSR count). The molecule has 114 valence electrons. The highest BCUT2D eigenvalue weighted by atomic mass is 15.1. The maximum atomic E-state index is 3.38. The molecule has 1 fully saturated rings. The summed E-state index contributed by atoms with van der Waals surface area (Å²) < 4.78 is 0. The van der Waals surface area contributed by atoms with Gasteiger partial charge in [-0.15, -0.1) is 0 Å². The quantitative estimate of drug-likeness (QED) is 0.292. The first-order valence-corrected chi connectivity index (χ1v) is 9.17. The molecular weight excluding hydrogens is 230 g/mol. The van der Waals surface area contributed by atoms with Gasteiger partial charge in [-0.25, -0.2) is 0 Å². The van der Waals surface area contributed by atoms with Crippen molar-refractivity contribution in [3.63, 3.8) is 0 Å². The predicted molar refractivity (Wildman–Crippen MR) is 86.7 cm³/mol. The third-order valence-corrected chi connectivity index (χ3v) is 4.40. The van der Waals surface area contributed by atoms with Crippen LogP contribution in [0.25, 0.3) is 0 Å². The van der Waals surface area contributed by atoms with Crippen molar-refractivity contribution in [2.24, 2.45) is 0 Å². The van der Waals surface area contributed by atoms with Crippen molar-refractivity contribution in [3.05, 3.63) is 0 Å². The van der Waals surface area contributed by atoms with Crippen LogP contribution in [0.4, 0.5) is 0 Å². The zero-order valence-electron chi connectivity index (χ0n) is 13.4. The second-order valence-electron chi connectivity index (χ2n) is 6.49. The number of nitrogens with one attached hydrogen (secondary N) is 1. The molecule has 0 aromatic rings. The van der Waals surface area contributed by atoms with Gasteiger partial charge in [-0.2, -0.15) is 0 Å². The lowest BCUT2D eigenvalue weighted by Crippen LogP contribution is -1.89. The minimum absolute atomic E-state index is 0.900. The number of hydrogen-bond acceptors (Lipinski definition) is 1. The van der Waals surface area contributed by atoms with Gasteiger partial charge < -0.3 is 5.32 Å². The number of hydrogen-bond donors (Lipinski definition) is 1. The summed E-state index contributed by atoms with van der Waals surface area (Å²) in [6.45, 7) is 3.58. The second kappa shape index (κ2) is 13.0. The second-order valence-corrected chi connectivity index (χ2v) is 6.49. The Balaban J connectivity index is 1.60. The Morgan fingerprint density at radius 2 is 1.00 bits per heavy atom. The van der Waals surface area contributed by atoms with Crippen molar-refractivity contribution < 1.29 is 0 Å². The molecule has 1 aliphatic heterocycles. The van der Waals surface area contributed by atoms with Crippen LogP contribution in [0.2, 0.25) is 0 Å². The van der Waals surface area contributed by atoms with E-state index in [0.717, 1.165) is 6.04 Å². The van der Waals surface area contributed by atoms with Crippen LogP contribution >= 0.6 is 0 Å². The lowest BCUT2D eigenvalue weighted by atomic mass is 10.0. The highest BCUT2D eigenvalue weighted by molar-refractivity contribution is 4.82. The Kier molecular flexibility index (Phi) is 11.6. The molecule has 1 unspecified atom stereocenters. The van der Waals surface area contributed by atoms with Gasteiger partial charge in [0, 0.05) is 12.6 Å². The van der Waals surface area contributed by atoms with E-state index in [4.69, 9.17) is 0 Å². The zero-order chi connectivity index (χ0) is 13.6. The zero-order valence-corrected chi connectivity index (χ0v) is 13.4. The van der Waals surface area contributed by atoms with Gasteiger partial charge in [0.15, 0.2) is 0 Å². The molecule has 0 aromatic carbocycles. The van der Waals surface area contributed by atoms with Crippen LogP contribution < -0.4 is 5.32 Å². The van der Waals surface area contributed by atoms with Crippen molar-refractivity contribution in [2.75, 3.05) is 6.54 Å². The van der Waals surface area contributed by atoms with Gasteiger partial charge in [-0.05, 0) is 6.42 Å². The van der Waals surface area contributed by atoms with E-state index in [0.29, 0.717) is 0 Å². The molecule has 19 heavy (non-hydrogen) atoms. The molecule has 1 heterocycles. The van der Waals surface area contributed by atoms with Gasteiger partial charge in [0.25, 0.3) is 0 Å². The first kappa shape index (κ1) is 17.0. The van der Waals surface area contributed by atoms with E-state index in [1.807, 2.05) is 0 Å². The molecule has 1 nitrogen and oxygen atoms in total. The van der Waals surface area contributed by atoms with E-state index >= 15 is 0 Å². The van der Waals surface area contributed by atoms with Gasteiger partial charge in [-0.3, -0.25) is 0 Å². The molecule has 0 aliphatic carbocycles. The van der Waals surface area contributed by atoms with E-state index in [1.165, 1.54) is 103 Å². The highest BCUT2D eigenvalue weighted by Crippen LogP contribution is 2.14. The minimum Gasteiger partial charge on any atom is -0.311 e. The van der Waals surface area contributed by atoms with Crippen molar-refractivity contribution >= 4 is 0 Å². The molecule has 1 aliphatic rings. The van der Waals surface area contributed by atoms with Gasteiger partial charge in [-0.1, -0.05) is 96.8 Å². The lowest BCUT2D eigenvalue weighted by molar-refractivity contribution is 0.532. The summed E-state index contributed by atoms with van der Waals surface area (Å²) in [5, 5.41) is 3.38. The van der Waals surface area contributed by atoms with Crippen molar-refractivity contribution in [1.29, 1.82) is 0 Å². The summed E-state index contributed by atoms with van der Waals surface area (Å²) in [6.07, 6.45) is 22.0. The average Bonchev–Trinajstić information content (AvgIpc) is 3.23. The van der Waals surface area contributed by atoms with Crippen molar-refractivity contribution in [3.8, 4) is 0 Å². The monoisotopic (exact) mass is 267 g/mol. The molecule has 0 bridgehead atoms. The summed E-state index contributed by atoms with van der Waals surface area (Å²) >= 11 is 0. The lowest BCUT2D eigenvalue weighted by Gasteiger charge is -2.03. The van der Waals surface area contributed by atoms with Crippen LogP contribution in [-0.2, 0) is 0 Å². The summed E-state index contributed by atoms with van der Waals surface area (Å²) in [4.78, 5) is 0. The molecule has 1 saturated heterocycles. The fraction of sp³-hybridized carbons (Fsp3) is 1.00. The van der Waals surface area contributed by atoms with E-state index in [1.54, 1.807) is 0 Å². The van der Waals surface area contributed by atoms with Crippen LogP contribution in [0.15, 0.2) is 0 Å². The fourth-order valence-electron chi connectivity index (χ4n) is 2.87. The van der Waals surface area contributed by atoms with Gasteiger partial charge in [0.1, 0.15) is 0 Å². The Morgan fingerprint density at radius 3 is 1.37 bits per heavy atom. The smallest absolute Gasteiger partial charge is 0.0193 e. The van der Waals surface area contributed by atoms with Gasteiger partial charge in [0.2, 0.25) is 0 Å². The van der Waals surface area contributed by atoms with E-state index in [9.17, 15) is 0 Å². The van der Waals surface area contributed by atoms with Crippen LogP contribution in [0.1, 0.15) is 103 Å². The summed E-state index contributed by atoms with van der Waals surface area (Å²) in [5.41, 5.74) is 0. The maximum Gasteiger partial charge on any atom is 0.0193 e. The summed E-state index contributed by atoms with van der Waals surface area (Å²) in [6, 6.07) is 0.900. The molecular formula is C18H37N. The van der Waals surface area contributed by atoms with Crippen molar-refractivity contribution in [1.82, 2.24) is 5.32 Å². The normalized spacial score (nSPS) is 17.8. The summed E-state index contributed by atoms with van der Waals surface area (Å²) in [7, 11) is 0. The van der Waals surface area contributed by atoms with Crippen LogP contribution in [0.3, 0.4) is 0 Å². The largest absolute Gasteiger partial charge is 0.311 e. The molecule has 1 atom stereocenters. The molecule has 0 spiro atoms. The molecule has 0 aromatic heterocycles. The van der Waals surface area contributed by atoms with E-state index in [2.05, 4.69) is 12.2 Å². The average molecular weight is 268 g/mol. The van der Waals surface area contributed by atoms with Crippen LogP contribution in [-0.4, -0.2) is 12.6 Å². The summed E-state index contributed by atoms with van der Waals surface area (Å²) in [5.74, 6) is 0. The predicted octanol–water partition coefficient (Wildman–Crippen LogP) is 5.83. The Bertz CT molecular complexity index is 175. The van der Waals surface area contributed by atoms with Crippen molar-refractivity contribution in [2.45, 2.75) is 109 Å². The standard InChI is InChI=1S/C18H37N/c1-2-3-4-5-6-7-8-9-10-11-12-13-14-15-16-18-17-19-18/h18-19H,2-17H2,1H3. The first-order valence-electron chi connectivity index (χ1n) is 9.17. The highest BCUT2D eigenvalue weighted by Gasteiger charge is 2.18. The number of rotatable bonds is 15. The van der Waals surface area contributed by atoms with E-state index in [-0.39, 0.29) is 0 Å². The maximum absolute atomic E-state index is 3.38. The van der Waals surface area contributed by atoms with Crippen LogP contribution in [0, 0.1) is 0 Å². The third-order valence-electron chi connectivity index (χ3n) is 4.40. The topological polar surface area (TPSA) is 21.9 Å². The Morgan fingerprint density at radius 1 is 0.632 bits per heavy atom.